The van der Waals surface area contributed by atoms with Crippen molar-refractivity contribution in [3.05, 3.63) is 54.0 Å². The van der Waals surface area contributed by atoms with Gasteiger partial charge in [0, 0.05) is 18.8 Å². The van der Waals surface area contributed by atoms with Gasteiger partial charge in [-0.25, -0.2) is 4.98 Å². The molecule has 1 N–H and O–H groups in total. The van der Waals surface area contributed by atoms with E-state index in [1.54, 1.807) is 6.20 Å². The molecule has 0 unspecified atom stereocenters. The summed E-state index contributed by atoms with van der Waals surface area (Å²) in [5.74, 6) is 0.0105. The third kappa shape index (κ3) is 1.88. The molecule has 0 amide bonds. The lowest BCUT2D eigenvalue weighted by Crippen LogP contribution is -1.93. The summed E-state index contributed by atoms with van der Waals surface area (Å²) in [6.45, 7) is 0. The Morgan fingerprint density at radius 2 is 1.71 bits per heavy atom. The first-order valence-electron chi connectivity index (χ1n) is 4.39. The Hall–Kier alpha value is -1.90. The van der Waals surface area contributed by atoms with E-state index in [2.05, 4.69) is 9.97 Å². The number of benzene rings is 1. The van der Waals surface area contributed by atoms with Crippen molar-refractivity contribution >= 4 is 0 Å². The highest BCUT2D eigenvalue weighted by Gasteiger charge is 2.03. The monoisotopic (exact) mass is 186 g/mol. The number of nitrogens with zero attached hydrogens (tertiary/aromatic N) is 2. The maximum absolute atomic E-state index is 9.40. The fourth-order valence-electron chi connectivity index (χ4n) is 1.27. The van der Waals surface area contributed by atoms with Gasteiger partial charge in [0.15, 0.2) is 0 Å². The zero-order valence-electron chi connectivity index (χ0n) is 7.59. The third-order valence-electron chi connectivity index (χ3n) is 1.97. The van der Waals surface area contributed by atoms with Gasteiger partial charge in [0.2, 0.25) is 5.88 Å². The minimum absolute atomic E-state index is 0.0105. The Balaban J connectivity index is 2.24. The number of aromatic hydroxyl groups is 1. The predicted molar refractivity (Wildman–Crippen MR) is 52.9 cm³/mol. The van der Waals surface area contributed by atoms with Crippen LogP contribution in [0, 0.1) is 0 Å². The summed E-state index contributed by atoms with van der Waals surface area (Å²) in [7, 11) is 0. The van der Waals surface area contributed by atoms with Crippen molar-refractivity contribution in [1.82, 2.24) is 9.97 Å². The number of hydrogen-bond acceptors (Lipinski definition) is 3. The second-order valence-corrected chi connectivity index (χ2v) is 2.99. The molecule has 70 valence electrons. The summed E-state index contributed by atoms with van der Waals surface area (Å²) in [5.41, 5.74) is 1.72. The van der Waals surface area contributed by atoms with Crippen molar-refractivity contribution in [3.63, 3.8) is 0 Å². The lowest BCUT2D eigenvalue weighted by Gasteiger charge is -2.01. The summed E-state index contributed by atoms with van der Waals surface area (Å²) in [6.07, 6.45) is 3.67. The minimum Gasteiger partial charge on any atom is -0.492 e. The Bertz CT molecular complexity index is 415. The highest BCUT2D eigenvalue weighted by Crippen LogP contribution is 2.13. The SMILES string of the molecule is Oc1nccnc1Cc1ccccc1. The predicted octanol–water partition coefficient (Wildman–Crippen LogP) is 1.77. The smallest absolute Gasteiger partial charge is 0.233 e. The van der Waals surface area contributed by atoms with Gasteiger partial charge in [-0.3, -0.25) is 4.98 Å². The van der Waals surface area contributed by atoms with Crippen LogP contribution >= 0.6 is 0 Å². The topological polar surface area (TPSA) is 46.0 Å². The zero-order chi connectivity index (χ0) is 9.80. The van der Waals surface area contributed by atoms with Gasteiger partial charge in [-0.1, -0.05) is 30.3 Å². The van der Waals surface area contributed by atoms with Crippen LogP contribution in [0.2, 0.25) is 0 Å². The molecule has 3 nitrogen and oxygen atoms in total. The lowest BCUT2D eigenvalue weighted by atomic mass is 10.1. The van der Waals surface area contributed by atoms with E-state index in [-0.39, 0.29) is 5.88 Å². The summed E-state index contributed by atoms with van der Waals surface area (Å²) in [5, 5.41) is 9.40. The van der Waals surface area contributed by atoms with Gasteiger partial charge < -0.3 is 5.11 Å². The third-order valence-corrected chi connectivity index (χ3v) is 1.97. The highest BCUT2D eigenvalue weighted by atomic mass is 16.3. The van der Waals surface area contributed by atoms with Crippen LogP contribution in [0.3, 0.4) is 0 Å². The number of aromatic nitrogens is 2. The normalized spacial score (nSPS) is 10.0. The molecular formula is C11H10N2O. The molecule has 0 bridgehead atoms. The van der Waals surface area contributed by atoms with Crippen LogP contribution in [0.4, 0.5) is 0 Å². The van der Waals surface area contributed by atoms with Crippen molar-refractivity contribution in [3.8, 4) is 5.88 Å². The van der Waals surface area contributed by atoms with E-state index in [9.17, 15) is 5.11 Å². The van der Waals surface area contributed by atoms with Gasteiger partial charge in [0.25, 0.3) is 0 Å². The van der Waals surface area contributed by atoms with Crippen molar-refractivity contribution in [2.75, 3.05) is 0 Å². The van der Waals surface area contributed by atoms with Crippen LogP contribution in [0.5, 0.6) is 5.88 Å². The Kier molecular flexibility index (Phi) is 2.40. The number of rotatable bonds is 2. The van der Waals surface area contributed by atoms with E-state index in [0.717, 1.165) is 5.56 Å². The van der Waals surface area contributed by atoms with E-state index in [1.807, 2.05) is 30.3 Å². The first-order chi connectivity index (χ1) is 6.86. The van der Waals surface area contributed by atoms with Gasteiger partial charge in [-0.2, -0.15) is 0 Å². The first kappa shape index (κ1) is 8.69. The van der Waals surface area contributed by atoms with Crippen LogP contribution in [-0.2, 0) is 6.42 Å². The molecule has 0 radical (unpaired) electrons. The summed E-state index contributed by atoms with van der Waals surface area (Å²) >= 11 is 0. The molecule has 0 aliphatic heterocycles. The van der Waals surface area contributed by atoms with E-state index in [0.29, 0.717) is 12.1 Å². The van der Waals surface area contributed by atoms with Crippen LogP contribution in [0.25, 0.3) is 0 Å². The van der Waals surface area contributed by atoms with Crippen LogP contribution in [-0.4, -0.2) is 15.1 Å². The first-order valence-corrected chi connectivity index (χ1v) is 4.39. The average molecular weight is 186 g/mol. The van der Waals surface area contributed by atoms with E-state index < -0.39 is 0 Å². The summed E-state index contributed by atoms with van der Waals surface area (Å²) in [4.78, 5) is 7.83. The molecule has 0 fully saturated rings. The molecule has 0 spiro atoms. The second-order valence-electron chi connectivity index (χ2n) is 2.99. The second kappa shape index (κ2) is 3.87. The summed E-state index contributed by atoms with van der Waals surface area (Å²) < 4.78 is 0. The molecule has 2 rings (SSSR count). The molecule has 0 aliphatic carbocycles. The van der Waals surface area contributed by atoms with Gasteiger partial charge in [-0.15, -0.1) is 0 Å². The number of hydrogen-bond donors (Lipinski definition) is 1. The van der Waals surface area contributed by atoms with Gasteiger partial charge >= 0.3 is 0 Å². The van der Waals surface area contributed by atoms with Gasteiger partial charge in [-0.05, 0) is 5.56 Å². The van der Waals surface area contributed by atoms with Crippen molar-refractivity contribution in [2.45, 2.75) is 6.42 Å². The molecule has 1 aromatic carbocycles. The van der Waals surface area contributed by atoms with Gasteiger partial charge in [0.05, 0.1) is 0 Å². The molecule has 0 saturated carbocycles. The highest BCUT2D eigenvalue weighted by molar-refractivity contribution is 5.25. The quantitative estimate of drug-likeness (QED) is 0.777. The van der Waals surface area contributed by atoms with Crippen LogP contribution in [0.1, 0.15) is 11.3 Å². The molecular weight excluding hydrogens is 176 g/mol. The van der Waals surface area contributed by atoms with E-state index >= 15 is 0 Å². The molecule has 0 saturated heterocycles. The Labute approximate surface area is 82.1 Å². The maximum Gasteiger partial charge on any atom is 0.233 e. The summed E-state index contributed by atoms with van der Waals surface area (Å²) in [6, 6.07) is 9.87. The van der Waals surface area contributed by atoms with Crippen molar-refractivity contribution < 1.29 is 5.11 Å². The van der Waals surface area contributed by atoms with E-state index in [4.69, 9.17) is 0 Å². The van der Waals surface area contributed by atoms with Crippen molar-refractivity contribution in [1.29, 1.82) is 0 Å². The average Bonchev–Trinajstić information content (AvgIpc) is 2.23. The molecule has 0 atom stereocenters. The molecule has 14 heavy (non-hydrogen) atoms. The zero-order valence-corrected chi connectivity index (χ0v) is 7.59. The standard InChI is InChI=1S/C11H10N2O/c14-11-10(12-6-7-13-11)8-9-4-2-1-3-5-9/h1-7H,8H2,(H,13,14). The fraction of sp³-hybridized carbons (Fsp3) is 0.0909. The molecule has 2 aromatic rings. The van der Waals surface area contributed by atoms with Crippen LogP contribution in [0.15, 0.2) is 42.7 Å². The van der Waals surface area contributed by atoms with Crippen molar-refractivity contribution in [2.24, 2.45) is 0 Å². The molecule has 1 aromatic heterocycles. The largest absolute Gasteiger partial charge is 0.492 e. The fourth-order valence-corrected chi connectivity index (χ4v) is 1.27. The Morgan fingerprint density at radius 1 is 1.00 bits per heavy atom. The molecule has 0 aliphatic rings. The maximum atomic E-state index is 9.40. The van der Waals surface area contributed by atoms with E-state index in [1.165, 1.54) is 6.20 Å². The Morgan fingerprint density at radius 3 is 2.43 bits per heavy atom. The minimum atomic E-state index is 0.0105. The van der Waals surface area contributed by atoms with Crippen LogP contribution < -0.4 is 0 Å². The molecule has 1 heterocycles. The molecule has 3 heteroatoms. The van der Waals surface area contributed by atoms with Gasteiger partial charge in [0.1, 0.15) is 5.69 Å². The lowest BCUT2D eigenvalue weighted by molar-refractivity contribution is 0.443.